The van der Waals surface area contributed by atoms with Crippen LogP contribution < -0.4 is 5.32 Å². The van der Waals surface area contributed by atoms with Gasteiger partial charge in [0.15, 0.2) is 0 Å². The van der Waals surface area contributed by atoms with Crippen molar-refractivity contribution in [2.45, 2.75) is 32.9 Å². The minimum atomic E-state index is -0.117. The highest BCUT2D eigenvalue weighted by Crippen LogP contribution is 2.08. The fourth-order valence-corrected chi connectivity index (χ4v) is 1.90. The molecule has 0 aliphatic rings. The summed E-state index contributed by atoms with van der Waals surface area (Å²) >= 11 is 0. The summed E-state index contributed by atoms with van der Waals surface area (Å²) in [5.74, 6) is -0.117. The van der Waals surface area contributed by atoms with Crippen molar-refractivity contribution in [3.05, 3.63) is 35.6 Å². The second kappa shape index (κ2) is 7.41. The molecule has 96 valence electrons. The van der Waals surface area contributed by atoms with Gasteiger partial charge in [-0.3, -0.25) is 0 Å². The first-order valence-corrected chi connectivity index (χ1v) is 6.28. The van der Waals surface area contributed by atoms with Crippen LogP contribution in [0.3, 0.4) is 0 Å². The van der Waals surface area contributed by atoms with Crippen LogP contribution in [0.4, 0.5) is 4.39 Å². The summed E-state index contributed by atoms with van der Waals surface area (Å²) in [6, 6.07) is 7.40. The normalized spacial score (nSPS) is 13.0. The second-order valence-electron chi connectivity index (χ2n) is 4.64. The van der Waals surface area contributed by atoms with Gasteiger partial charge in [0, 0.05) is 24.7 Å². The number of hydrogen-bond donors (Lipinski definition) is 1. The molecule has 0 aliphatic heterocycles. The molecule has 0 fully saturated rings. The van der Waals surface area contributed by atoms with E-state index < -0.39 is 0 Å². The van der Waals surface area contributed by atoms with Crippen LogP contribution in [0.1, 0.15) is 25.8 Å². The van der Waals surface area contributed by atoms with Crippen LogP contribution in [0.25, 0.3) is 0 Å². The second-order valence-corrected chi connectivity index (χ2v) is 4.64. The molecule has 1 aromatic carbocycles. The van der Waals surface area contributed by atoms with Crippen molar-refractivity contribution in [2.24, 2.45) is 0 Å². The van der Waals surface area contributed by atoms with Crippen LogP contribution in [0.2, 0.25) is 0 Å². The van der Waals surface area contributed by atoms with Crippen LogP contribution in [0.5, 0.6) is 0 Å². The first kappa shape index (κ1) is 14.1. The van der Waals surface area contributed by atoms with Crippen molar-refractivity contribution in [3.63, 3.8) is 0 Å². The lowest BCUT2D eigenvalue weighted by molar-refractivity contribution is 0.286. The van der Waals surface area contributed by atoms with Gasteiger partial charge in [-0.2, -0.15) is 0 Å². The SMILES string of the molecule is CCCNC(C)CN(C)Cc1ccccc1F. The largest absolute Gasteiger partial charge is 0.313 e. The van der Waals surface area contributed by atoms with Crippen LogP contribution in [-0.2, 0) is 6.54 Å². The number of hydrogen-bond acceptors (Lipinski definition) is 2. The Morgan fingerprint density at radius 3 is 2.71 bits per heavy atom. The van der Waals surface area contributed by atoms with Crippen LogP contribution in [-0.4, -0.2) is 31.1 Å². The molecule has 0 spiro atoms. The summed E-state index contributed by atoms with van der Waals surface area (Å²) in [5, 5.41) is 3.43. The third-order valence-corrected chi connectivity index (χ3v) is 2.73. The summed E-state index contributed by atoms with van der Waals surface area (Å²) in [6.07, 6.45) is 1.14. The van der Waals surface area contributed by atoms with E-state index >= 15 is 0 Å². The average Bonchev–Trinajstić information content (AvgIpc) is 2.29. The smallest absolute Gasteiger partial charge is 0.127 e. The van der Waals surface area contributed by atoms with Crippen molar-refractivity contribution in [2.75, 3.05) is 20.1 Å². The van der Waals surface area contributed by atoms with E-state index in [2.05, 4.69) is 24.1 Å². The molecule has 0 saturated carbocycles. The summed E-state index contributed by atoms with van der Waals surface area (Å²) < 4.78 is 13.4. The van der Waals surface area contributed by atoms with Crippen molar-refractivity contribution >= 4 is 0 Å². The van der Waals surface area contributed by atoms with Crippen molar-refractivity contribution in [3.8, 4) is 0 Å². The van der Waals surface area contributed by atoms with Crippen LogP contribution in [0.15, 0.2) is 24.3 Å². The standard InChI is InChI=1S/C14H23FN2/c1-4-9-16-12(2)10-17(3)11-13-7-5-6-8-14(13)15/h5-8,12,16H,4,9-11H2,1-3H3. The Balaban J connectivity index is 2.39. The zero-order chi connectivity index (χ0) is 12.7. The van der Waals surface area contributed by atoms with Gasteiger partial charge < -0.3 is 10.2 Å². The number of rotatable bonds is 7. The minimum Gasteiger partial charge on any atom is -0.313 e. The molecule has 2 nitrogen and oxygen atoms in total. The molecule has 0 saturated heterocycles. The van der Waals surface area contributed by atoms with Gasteiger partial charge in [-0.1, -0.05) is 25.1 Å². The van der Waals surface area contributed by atoms with Crippen molar-refractivity contribution in [1.29, 1.82) is 0 Å². The fourth-order valence-electron chi connectivity index (χ4n) is 1.90. The molecular weight excluding hydrogens is 215 g/mol. The van der Waals surface area contributed by atoms with E-state index in [1.807, 2.05) is 19.2 Å². The zero-order valence-corrected chi connectivity index (χ0v) is 11.0. The summed E-state index contributed by atoms with van der Waals surface area (Å²) in [6.45, 7) is 6.93. The predicted octanol–water partition coefficient (Wildman–Crippen LogP) is 2.65. The van der Waals surface area contributed by atoms with Gasteiger partial charge in [0.25, 0.3) is 0 Å². The number of halogens is 1. The molecule has 1 N–H and O–H groups in total. The first-order valence-electron chi connectivity index (χ1n) is 6.28. The van der Waals surface area contributed by atoms with E-state index in [0.29, 0.717) is 12.6 Å². The maximum atomic E-state index is 13.4. The molecular formula is C14H23FN2. The van der Waals surface area contributed by atoms with Crippen molar-refractivity contribution in [1.82, 2.24) is 10.2 Å². The van der Waals surface area contributed by atoms with E-state index in [1.54, 1.807) is 6.07 Å². The maximum Gasteiger partial charge on any atom is 0.127 e. The minimum absolute atomic E-state index is 0.117. The molecule has 1 rings (SSSR count). The van der Waals surface area contributed by atoms with Crippen LogP contribution in [0, 0.1) is 5.82 Å². The molecule has 0 bridgehead atoms. The molecule has 0 heterocycles. The Bertz CT molecular complexity index is 328. The van der Waals surface area contributed by atoms with E-state index in [1.165, 1.54) is 6.07 Å². The average molecular weight is 238 g/mol. The number of nitrogens with one attached hydrogen (secondary N) is 1. The first-order chi connectivity index (χ1) is 8.13. The Labute approximate surface area is 104 Å². The van der Waals surface area contributed by atoms with Gasteiger partial charge in [0.2, 0.25) is 0 Å². The van der Waals surface area contributed by atoms with Gasteiger partial charge in [-0.05, 0) is 33.0 Å². The molecule has 0 radical (unpaired) electrons. The lowest BCUT2D eigenvalue weighted by Gasteiger charge is -2.22. The predicted molar refractivity (Wildman–Crippen MR) is 70.5 cm³/mol. The molecule has 0 aromatic heterocycles. The van der Waals surface area contributed by atoms with Gasteiger partial charge in [0.05, 0.1) is 0 Å². The number of nitrogens with zero attached hydrogens (tertiary/aromatic N) is 1. The van der Waals surface area contributed by atoms with Gasteiger partial charge in [-0.25, -0.2) is 4.39 Å². The van der Waals surface area contributed by atoms with E-state index in [9.17, 15) is 4.39 Å². The highest BCUT2D eigenvalue weighted by atomic mass is 19.1. The quantitative estimate of drug-likeness (QED) is 0.785. The summed E-state index contributed by atoms with van der Waals surface area (Å²) in [7, 11) is 2.02. The molecule has 3 heteroatoms. The summed E-state index contributed by atoms with van der Waals surface area (Å²) in [4.78, 5) is 2.14. The molecule has 1 atom stereocenters. The van der Waals surface area contributed by atoms with E-state index in [-0.39, 0.29) is 5.82 Å². The molecule has 17 heavy (non-hydrogen) atoms. The topological polar surface area (TPSA) is 15.3 Å². The number of benzene rings is 1. The van der Waals surface area contributed by atoms with Gasteiger partial charge >= 0.3 is 0 Å². The zero-order valence-electron chi connectivity index (χ0n) is 11.0. The third-order valence-electron chi connectivity index (χ3n) is 2.73. The highest BCUT2D eigenvalue weighted by Gasteiger charge is 2.08. The molecule has 1 aromatic rings. The van der Waals surface area contributed by atoms with Gasteiger partial charge in [-0.15, -0.1) is 0 Å². The van der Waals surface area contributed by atoms with Crippen LogP contribution >= 0.6 is 0 Å². The van der Waals surface area contributed by atoms with E-state index in [4.69, 9.17) is 0 Å². The van der Waals surface area contributed by atoms with Crippen molar-refractivity contribution < 1.29 is 4.39 Å². The van der Waals surface area contributed by atoms with Gasteiger partial charge in [0.1, 0.15) is 5.82 Å². The lowest BCUT2D eigenvalue weighted by Crippen LogP contribution is -2.37. The molecule has 0 amide bonds. The fraction of sp³-hybridized carbons (Fsp3) is 0.571. The maximum absolute atomic E-state index is 13.4. The monoisotopic (exact) mass is 238 g/mol. The third kappa shape index (κ3) is 5.29. The number of likely N-dealkylation sites (N-methyl/N-ethyl adjacent to an activating group) is 1. The Morgan fingerprint density at radius 2 is 2.06 bits per heavy atom. The Hall–Kier alpha value is -0.930. The highest BCUT2D eigenvalue weighted by molar-refractivity contribution is 5.16. The lowest BCUT2D eigenvalue weighted by atomic mass is 10.2. The Kier molecular flexibility index (Phi) is 6.16. The molecule has 0 aliphatic carbocycles. The Morgan fingerprint density at radius 1 is 1.35 bits per heavy atom. The summed E-state index contributed by atoms with van der Waals surface area (Å²) in [5.41, 5.74) is 0.762. The van der Waals surface area contributed by atoms with E-state index in [0.717, 1.165) is 25.1 Å². The molecule has 1 unspecified atom stereocenters.